The predicted octanol–water partition coefficient (Wildman–Crippen LogP) is 6.29. The van der Waals surface area contributed by atoms with E-state index in [4.69, 9.17) is 27.9 Å². The fourth-order valence-corrected chi connectivity index (χ4v) is 4.14. The summed E-state index contributed by atoms with van der Waals surface area (Å²) in [6, 6.07) is 17.5. The number of carbonyl (C=O) groups excluding carboxylic acids is 4. The summed E-state index contributed by atoms with van der Waals surface area (Å²) in [5.74, 6) is -2.16. The fraction of sp³-hybridized carbons (Fsp3) is 0.172. The zero-order valence-corrected chi connectivity index (χ0v) is 22.7. The molecule has 0 aromatic heterocycles. The molecule has 0 radical (unpaired) electrons. The second-order valence-electron chi connectivity index (χ2n) is 8.79. The second kappa shape index (κ2) is 12.1. The molecule has 0 aliphatic carbocycles. The van der Waals surface area contributed by atoms with Crippen LogP contribution in [0.5, 0.6) is 0 Å². The summed E-state index contributed by atoms with van der Waals surface area (Å²) in [5.41, 5.74) is 2.76. The van der Waals surface area contributed by atoms with Crippen LogP contribution in [-0.4, -0.2) is 30.3 Å². The molecule has 3 aromatic rings. The molecule has 3 aromatic carbocycles. The molecular weight excluding hydrogens is 541 g/mol. The van der Waals surface area contributed by atoms with Gasteiger partial charge in [0.25, 0.3) is 17.7 Å². The van der Waals surface area contributed by atoms with Gasteiger partial charge in [-0.2, -0.15) is 0 Å². The molecule has 4 rings (SSSR count). The third kappa shape index (κ3) is 6.30. The van der Waals surface area contributed by atoms with E-state index in [1.165, 1.54) is 24.3 Å². The number of imide groups is 1. The van der Waals surface area contributed by atoms with Crippen molar-refractivity contribution < 1.29 is 23.9 Å². The Bertz CT molecular complexity index is 1470. The van der Waals surface area contributed by atoms with Crippen LogP contribution in [-0.2, 0) is 14.3 Å². The monoisotopic (exact) mass is 565 g/mol. The van der Waals surface area contributed by atoms with Crippen LogP contribution in [0.3, 0.4) is 0 Å². The number of ether oxygens (including phenoxy) is 1. The van der Waals surface area contributed by atoms with Gasteiger partial charge in [-0.1, -0.05) is 42.6 Å². The summed E-state index contributed by atoms with van der Waals surface area (Å²) in [7, 11) is 0. The number of esters is 1. The average Bonchev–Trinajstić information content (AvgIpc) is 3.14. The minimum Gasteiger partial charge on any atom is -0.462 e. The van der Waals surface area contributed by atoms with Gasteiger partial charge in [0.2, 0.25) is 0 Å². The highest BCUT2D eigenvalue weighted by Crippen LogP contribution is 2.30. The molecule has 3 amide bonds. The van der Waals surface area contributed by atoms with E-state index in [9.17, 15) is 19.2 Å². The minimum absolute atomic E-state index is 0.100. The van der Waals surface area contributed by atoms with Crippen molar-refractivity contribution in [3.05, 3.63) is 99.2 Å². The van der Waals surface area contributed by atoms with Crippen molar-refractivity contribution in [1.29, 1.82) is 0 Å². The molecule has 200 valence electrons. The number of rotatable bonds is 9. The molecule has 10 heteroatoms. The number of amides is 3. The summed E-state index contributed by atoms with van der Waals surface area (Å²) in [6.07, 6.45) is 1.66. The van der Waals surface area contributed by atoms with Gasteiger partial charge < -0.3 is 15.4 Å². The van der Waals surface area contributed by atoms with Crippen LogP contribution in [0.2, 0.25) is 5.02 Å². The van der Waals surface area contributed by atoms with Crippen molar-refractivity contribution in [1.82, 2.24) is 0 Å². The van der Waals surface area contributed by atoms with Gasteiger partial charge in [-0.25, -0.2) is 9.69 Å². The Hall–Kier alpha value is -4.14. The fourth-order valence-electron chi connectivity index (χ4n) is 3.76. The third-order valence-electron chi connectivity index (χ3n) is 5.98. The number of benzene rings is 3. The van der Waals surface area contributed by atoms with Gasteiger partial charge in [0, 0.05) is 22.0 Å². The molecule has 0 unspecified atom stereocenters. The van der Waals surface area contributed by atoms with Crippen LogP contribution < -0.4 is 15.5 Å². The van der Waals surface area contributed by atoms with Crippen LogP contribution in [0, 0.1) is 6.92 Å². The molecule has 1 aliphatic rings. The van der Waals surface area contributed by atoms with Crippen LogP contribution in [0.15, 0.2) is 77.5 Å². The summed E-state index contributed by atoms with van der Waals surface area (Å²) in [5, 5.41) is 5.92. The van der Waals surface area contributed by atoms with Crippen LogP contribution in [0.1, 0.15) is 46.0 Å². The Morgan fingerprint density at radius 3 is 2.23 bits per heavy atom. The maximum absolute atomic E-state index is 13.1. The third-order valence-corrected chi connectivity index (χ3v) is 6.57. The van der Waals surface area contributed by atoms with Gasteiger partial charge in [0.1, 0.15) is 10.7 Å². The Balaban J connectivity index is 1.43. The Morgan fingerprint density at radius 1 is 0.897 bits per heavy atom. The zero-order valence-electron chi connectivity index (χ0n) is 21.2. The number of hydrogen-bond donors (Lipinski definition) is 2. The van der Waals surface area contributed by atoms with Crippen LogP contribution in [0.25, 0.3) is 0 Å². The van der Waals surface area contributed by atoms with E-state index in [1.807, 2.05) is 19.9 Å². The number of carbonyl (C=O) groups is 4. The molecule has 1 heterocycles. The van der Waals surface area contributed by atoms with Gasteiger partial charge in [-0.15, -0.1) is 0 Å². The zero-order chi connectivity index (χ0) is 28.1. The highest BCUT2D eigenvalue weighted by Gasteiger charge is 2.39. The first-order valence-corrected chi connectivity index (χ1v) is 13.0. The number of unbranched alkanes of at least 4 members (excludes halogenated alkanes) is 1. The number of nitrogens with one attached hydrogen (secondary N) is 2. The molecule has 0 fully saturated rings. The molecule has 1 aliphatic heterocycles. The molecule has 39 heavy (non-hydrogen) atoms. The van der Waals surface area contributed by atoms with Crippen molar-refractivity contribution in [3.63, 3.8) is 0 Å². The summed E-state index contributed by atoms with van der Waals surface area (Å²) < 4.78 is 5.18. The van der Waals surface area contributed by atoms with Crippen molar-refractivity contribution >= 4 is 64.0 Å². The van der Waals surface area contributed by atoms with Crippen molar-refractivity contribution in [2.24, 2.45) is 0 Å². The molecule has 0 saturated heterocycles. The van der Waals surface area contributed by atoms with Crippen molar-refractivity contribution in [3.8, 4) is 0 Å². The first-order chi connectivity index (χ1) is 18.7. The normalized spacial score (nSPS) is 13.1. The summed E-state index contributed by atoms with van der Waals surface area (Å²) in [6.45, 7) is 4.17. The molecule has 0 spiro atoms. The number of hydrogen-bond acceptors (Lipinski definition) is 6. The van der Waals surface area contributed by atoms with Crippen LogP contribution in [0.4, 0.5) is 17.1 Å². The lowest BCUT2D eigenvalue weighted by molar-refractivity contribution is -0.120. The molecule has 8 nitrogen and oxygen atoms in total. The van der Waals surface area contributed by atoms with E-state index in [0.717, 1.165) is 23.3 Å². The second-order valence-corrected chi connectivity index (χ2v) is 9.60. The van der Waals surface area contributed by atoms with E-state index < -0.39 is 17.8 Å². The molecule has 2 N–H and O–H groups in total. The lowest BCUT2D eigenvalue weighted by Crippen LogP contribution is -2.32. The van der Waals surface area contributed by atoms with E-state index in [1.54, 1.807) is 36.4 Å². The average molecular weight is 566 g/mol. The maximum atomic E-state index is 13.1. The standard InChI is InChI=1S/C29H25Cl2N3O5/c1-3-4-15-39-29(38)19-8-13-22(14-9-19)34-27(36)24(31)25(28(34)37)32-21-11-6-18(7-12-21)26(35)33-23-16-20(30)10-5-17(23)2/h5-14,16,32H,3-4,15H2,1-2H3,(H,33,35). The minimum atomic E-state index is -0.699. The Kier molecular flexibility index (Phi) is 8.69. The number of nitrogens with zero attached hydrogens (tertiary/aromatic N) is 1. The lowest BCUT2D eigenvalue weighted by Gasteiger charge is -2.15. The van der Waals surface area contributed by atoms with Gasteiger partial charge in [0.15, 0.2) is 0 Å². The van der Waals surface area contributed by atoms with Gasteiger partial charge >= 0.3 is 5.97 Å². The van der Waals surface area contributed by atoms with Gasteiger partial charge in [-0.3, -0.25) is 14.4 Å². The van der Waals surface area contributed by atoms with Gasteiger partial charge in [-0.05, 0) is 79.6 Å². The Morgan fingerprint density at radius 2 is 1.56 bits per heavy atom. The largest absolute Gasteiger partial charge is 0.462 e. The first kappa shape index (κ1) is 27.9. The maximum Gasteiger partial charge on any atom is 0.338 e. The van der Waals surface area contributed by atoms with Crippen molar-refractivity contribution in [2.45, 2.75) is 26.7 Å². The smallest absolute Gasteiger partial charge is 0.338 e. The first-order valence-electron chi connectivity index (χ1n) is 12.2. The lowest BCUT2D eigenvalue weighted by atomic mass is 10.1. The molecule has 0 bridgehead atoms. The van der Waals surface area contributed by atoms with E-state index >= 15 is 0 Å². The van der Waals surface area contributed by atoms with Crippen LogP contribution >= 0.6 is 23.2 Å². The quantitative estimate of drug-likeness (QED) is 0.179. The summed E-state index contributed by atoms with van der Waals surface area (Å²) in [4.78, 5) is 51.6. The highest BCUT2D eigenvalue weighted by atomic mass is 35.5. The number of anilines is 3. The SMILES string of the molecule is CCCCOC(=O)c1ccc(N2C(=O)C(Cl)=C(Nc3ccc(C(=O)Nc4cc(Cl)ccc4C)cc3)C2=O)cc1. The van der Waals surface area contributed by atoms with Crippen molar-refractivity contribution in [2.75, 3.05) is 22.1 Å². The number of halogens is 2. The topological polar surface area (TPSA) is 105 Å². The van der Waals surface area contributed by atoms with E-state index in [2.05, 4.69) is 10.6 Å². The molecule has 0 saturated carbocycles. The molecule has 0 atom stereocenters. The summed E-state index contributed by atoms with van der Waals surface area (Å²) >= 11 is 12.3. The Labute approximate surface area is 235 Å². The van der Waals surface area contributed by atoms with E-state index in [0.29, 0.717) is 34.1 Å². The predicted molar refractivity (Wildman–Crippen MR) is 151 cm³/mol. The number of aryl methyl sites for hydroxylation is 1. The van der Waals surface area contributed by atoms with E-state index in [-0.39, 0.29) is 22.3 Å². The molecular formula is C29H25Cl2N3O5. The highest BCUT2D eigenvalue weighted by molar-refractivity contribution is 6.53. The van der Waals surface area contributed by atoms with Gasteiger partial charge in [0.05, 0.1) is 17.9 Å².